The largest absolute Gasteiger partial charge is 0.497 e. The minimum absolute atomic E-state index is 0.278. The number of thiophene rings is 1. The van der Waals surface area contributed by atoms with Crippen molar-refractivity contribution in [3.05, 3.63) is 57.3 Å². The quantitative estimate of drug-likeness (QED) is 0.457. The van der Waals surface area contributed by atoms with Crippen molar-refractivity contribution in [2.75, 3.05) is 13.7 Å². The number of halogens is 1. The molecular weight excluding hydrogens is 324 g/mol. The Hall–Kier alpha value is -2.11. The van der Waals surface area contributed by atoms with Crippen LogP contribution in [0.5, 0.6) is 5.75 Å². The van der Waals surface area contributed by atoms with E-state index in [0.29, 0.717) is 15.0 Å². The van der Waals surface area contributed by atoms with Crippen molar-refractivity contribution in [1.82, 2.24) is 0 Å². The highest BCUT2D eigenvalue weighted by Gasteiger charge is 2.10. The molecule has 0 bridgehead atoms. The van der Waals surface area contributed by atoms with Gasteiger partial charge >= 0.3 is 5.97 Å². The average molecular weight is 337 g/mol. The zero-order valence-electron chi connectivity index (χ0n) is 11.7. The normalized spacial score (nSPS) is 10.6. The van der Waals surface area contributed by atoms with Crippen LogP contribution in [0, 0.1) is 0 Å². The molecule has 22 heavy (non-hydrogen) atoms. The van der Waals surface area contributed by atoms with Gasteiger partial charge in [0.25, 0.3) is 0 Å². The number of rotatable bonds is 6. The fourth-order valence-electron chi connectivity index (χ4n) is 1.63. The molecule has 0 unspecified atom stereocenters. The Kier molecular flexibility index (Phi) is 5.75. The van der Waals surface area contributed by atoms with E-state index in [1.165, 1.54) is 6.08 Å². The van der Waals surface area contributed by atoms with Gasteiger partial charge in [0.1, 0.15) is 5.75 Å². The van der Waals surface area contributed by atoms with Crippen LogP contribution in [0.15, 0.2) is 42.5 Å². The third-order valence-corrected chi connectivity index (χ3v) is 3.97. The maximum absolute atomic E-state index is 11.8. The smallest absolute Gasteiger partial charge is 0.331 e. The molecule has 0 radical (unpaired) electrons. The van der Waals surface area contributed by atoms with E-state index in [1.807, 2.05) is 12.1 Å². The molecule has 0 saturated heterocycles. The molecule has 114 valence electrons. The first-order valence-electron chi connectivity index (χ1n) is 6.36. The molecule has 0 aliphatic rings. The van der Waals surface area contributed by atoms with Crippen molar-refractivity contribution < 1.29 is 19.1 Å². The standard InChI is InChI=1S/C16H13ClO4S/c1-20-12-4-2-3-11(9-12)5-8-16(19)21-10-13(18)14-6-7-15(17)22-14/h2-9H,10H2,1H3/b8-5+. The first kappa shape index (κ1) is 16.3. The average Bonchev–Trinajstić information content (AvgIpc) is 2.97. The number of esters is 1. The summed E-state index contributed by atoms with van der Waals surface area (Å²) in [7, 11) is 1.57. The lowest BCUT2D eigenvalue weighted by molar-refractivity contribution is -0.136. The molecule has 1 heterocycles. The number of methoxy groups -OCH3 is 1. The highest BCUT2D eigenvalue weighted by Crippen LogP contribution is 2.21. The molecule has 0 saturated carbocycles. The minimum atomic E-state index is -0.584. The van der Waals surface area contributed by atoms with Crippen LogP contribution in [0.2, 0.25) is 4.34 Å². The Morgan fingerprint density at radius 3 is 2.77 bits per heavy atom. The fourth-order valence-corrected chi connectivity index (χ4v) is 2.60. The number of carbonyl (C=O) groups is 2. The van der Waals surface area contributed by atoms with Crippen molar-refractivity contribution in [3.63, 3.8) is 0 Å². The molecule has 0 N–H and O–H groups in total. The molecule has 0 spiro atoms. The number of benzene rings is 1. The van der Waals surface area contributed by atoms with Gasteiger partial charge in [-0.25, -0.2) is 4.79 Å². The highest BCUT2D eigenvalue weighted by atomic mass is 35.5. The molecule has 2 aromatic rings. The van der Waals surface area contributed by atoms with E-state index in [2.05, 4.69) is 0 Å². The van der Waals surface area contributed by atoms with Crippen molar-refractivity contribution >= 4 is 40.8 Å². The maximum Gasteiger partial charge on any atom is 0.331 e. The van der Waals surface area contributed by atoms with Crippen LogP contribution in [0.3, 0.4) is 0 Å². The third-order valence-electron chi connectivity index (χ3n) is 2.70. The maximum atomic E-state index is 11.8. The van der Waals surface area contributed by atoms with E-state index in [0.717, 1.165) is 16.9 Å². The lowest BCUT2D eigenvalue weighted by Crippen LogP contribution is -2.11. The van der Waals surface area contributed by atoms with Gasteiger partial charge in [-0.1, -0.05) is 23.7 Å². The summed E-state index contributed by atoms with van der Waals surface area (Å²) in [5.74, 6) is -0.167. The van der Waals surface area contributed by atoms with E-state index in [1.54, 1.807) is 37.5 Å². The van der Waals surface area contributed by atoms with Crippen LogP contribution in [-0.4, -0.2) is 25.5 Å². The van der Waals surface area contributed by atoms with Crippen LogP contribution in [0.1, 0.15) is 15.2 Å². The van der Waals surface area contributed by atoms with Gasteiger partial charge in [0.15, 0.2) is 6.61 Å². The van der Waals surface area contributed by atoms with E-state index in [4.69, 9.17) is 21.1 Å². The molecule has 0 fully saturated rings. The molecule has 1 aromatic heterocycles. The summed E-state index contributed by atoms with van der Waals surface area (Å²) in [5, 5.41) is 0. The van der Waals surface area contributed by atoms with Gasteiger partial charge in [0, 0.05) is 6.08 Å². The second-order valence-electron chi connectivity index (χ2n) is 4.24. The van der Waals surface area contributed by atoms with Crippen LogP contribution >= 0.6 is 22.9 Å². The van der Waals surface area contributed by atoms with Crippen molar-refractivity contribution in [2.45, 2.75) is 0 Å². The van der Waals surface area contributed by atoms with E-state index in [9.17, 15) is 9.59 Å². The van der Waals surface area contributed by atoms with Gasteiger partial charge in [-0.3, -0.25) is 4.79 Å². The number of ketones is 1. The molecule has 0 atom stereocenters. The predicted molar refractivity (Wildman–Crippen MR) is 86.6 cm³/mol. The van der Waals surface area contributed by atoms with Crippen LogP contribution in [0.4, 0.5) is 0 Å². The van der Waals surface area contributed by atoms with E-state index in [-0.39, 0.29) is 12.4 Å². The molecule has 0 aliphatic heterocycles. The van der Waals surface area contributed by atoms with Gasteiger partial charge in [-0.15, -0.1) is 11.3 Å². The zero-order chi connectivity index (χ0) is 15.9. The van der Waals surface area contributed by atoms with Crippen molar-refractivity contribution in [1.29, 1.82) is 0 Å². The lowest BCUT2D eigenvalue weighted by atomic mass is 10.2. The third kappa shape index (κ3) is 4.72. The van der Waals surface area contributed by atoms with Gasteiger partial charge < -0.3 is 9.47 Å². The molecular formula is C16H13ClO4S. The van der Waals surface area contributed by atoms with Crippen LogP contribution in [0.25, 0.3) is 6.08 Å². The molecule has 0 aliphatic carbocycles. The SMILES string of the molecule is COc1cccc(/C=C/C(=O)OCC(=O)c2ccc(Cl)s2)c1. The Bertz CT molecular complexity index is 706. The molecule has 2 rings (SSSR count). The summed E-state index contributed by atoms with van der Waals surface area (Å²) in [4.78, 5) is 23.8. The van der Waals surface area contributed by atoms with E-state index < -0.39 is 5.97 Å². The second-order valence-corrected chi connectivity index (χ2v) is 5.96. The molecule has 4 nitrogen and oxygen atoms in total. The van der Waals surface area contributed by atoms with Gasteiger partial charge in [0.2, 0.25) is 5.78 Å². The Labute approximate surface area is 136 Å². The number of carbonyl (C=O) groups excluding carboxylic acids is 2. The number of hydrogen-bond donors (Lipinski definition) is 0. The Morgan fingerprint density at radius 2 is 2.09 bits per heavy atom. The van der Waals surface area contributed by atoms with Crippen molar-refractivity contribution in [2.24, 2.45) is 0 Å². The Morgan fingerprint density at radius 1 is 1.27 bits per heavy atom. The topological polar surface area (TPSA) is 52.6 Å². The summed E-state index contributed by atoms with van der Waals surface area (Å²) in [6.07, 6.45) is 2.86. The summed E-state index contributed by atoms with van der Waals surface area (Å²) >= 11 is 6.90. The summed E-state index contributed by atoms with van der Waals surface area (Å²) in [6.45, 7) is -0.307. The minimum Gasteiger partial charge on any atom is -0.497 e. The van der Waals surface area contributed by atoms with Gasteiger partial charge in [-0.05, 0) is 35.9 Å². The van der Waals surface area contributed by atoms with Crippen molar-refractivity contribution in [3.8, 4) is 5.75 Å². The number of ether oxygens (including phenoxy) is 2. The van der Waals surface area contributed by atoms with Gasteiger partial charge in [-0.2, -0.15) is 0 Å². The fraction of sp³-hybridized carbons (Fsp3) is 0.125. The second kappa shape index (κ2) is 7.77. The summed E-state index contributed by atoms with van der Waals surface area (Å²) in [6, 6.07) is 10.5. The number of Topliss-reactive ketones (excluding diaryl/α,β-unsaturated/α-hetero) is 1. The number of hydrogen-bond acceptors (Lipinski definition) is 5. The summed E-state index contributed by atoms with van der Waals surface area (Å²) in [5.41, 5.74) is 0.799. The monoisotopic (exact) mass is 336 g/mol. The predicted octanol–water partition coefficient (Wildman–Crippen LogP) is 3.85. The first-order valence-corrected chi connectivity index (χ1v) is 7.55. The lowest BCUT2D eigenvalue weighted by Gasteiger charge is -2.01. The van der Waals surface area contributed by atoms with Crippen LogP contribution in [-0.2, 0) is 9.53 Å². The zero-order valence-corrected chi connectivity index (χ0v) is 13.3. The van der Waals surface area contributed by atoms with Crippen LogP contribution < -0.4 is 4.74 Å². The van der Waals surface area contributed by atoms with Gasteiger partial charge in [0.05, 0.1) is 16.3 Å². The molecule has 1 aromatic carbocycles. The van der Waals surface area contributed by atoms with E-state index >= 15 is 0 Å². The highest BCUT2D eigenvalue weighted by molar-refractivity contribution is 7.18. The Balaban J connectivity index is 1.87. The first-order chi connectivity index (χ1) is 10.6. The summed E-state index contributed by atoms with van der Waals surface area (Å²) < 4.78 is 10.5. The molecule has 0 amide bonds. The molecule has 6 heteroatoms.